The van der Waals surface area contributed by atoms with Crippen molar-refractivity contribution in [3.05, 3.63) is 36.2 Å². The molecule has 0 aliphatic carbocycles. The SMILES string of the molecule is C=Cc1ccc(CCN(CC)CC)cn1. The molecule has 0 amide bonds. The highest BCUT2D eigenvalue weighted by Gasteiger charge is 1.99. The molecule has 0 spiro atoms. The van der Waals surface area contributed by atoms with E-state index in [0.29, 0.717) is 0 Å². The monoisotopic (exact) mass is 204 g/mol. The lowest BCUT2D eigenvalue weighted by atomic mass is 10.2. The maximum atomic E-state index is 4.29. The number of pyridine rings is 1. The molecule has 0 atom stereocenters. The molecule has 0 aliphatic rings. The Morgan fingerprint density at radius 1 is 1.33 bits per heavy atom. The van der Waals surface area contributed by atoms with Crippen molar-refractivity contribution in [1.82, 2.24) is 9.88 Å². The van der Waals surface area contributed by atoms with Crippen LogP contribution in [0.25, 0.3) is 6.08 Å². The molecule has 1 aromatic heterocycles. The van der Waals surface area contributed by atoms with Crippen molar-refractivity contribution in [2.75, 3.05) is 19.6 Å². The van der Waals surface area contributed by atoms with Crippen LogP contribution in [0.3, 0.4) is 0 Å². The zero-order chi connectivity index (χ0) is 11.1. The second kappa shape index (κ2) is 6.36. The molecule has 0 saturated heterocycles. The summed E-state index contributed by atoms with van der Waals surface area (Å²) in [5.74, 6) is 0. The van der Waals surface area contributed by atoms with E-state index in [1.54, 1.807) is 6.08 Å². The first-order valence-electron chi connectivity index (χ1n) is 5.59. The number of aromatic nitrogens is 1. The molecule has 1 aromatic rings. The van der Waals surface area contributed by atoms with Gasteiger partial charge in [-0.3, -0.25) is 4.98 Å². The van der Waals surface area contributed by atoms with Gasteiger partial charge in [-0.15, -0.1) is 0 Å². The zero-order valence-electron chi connectivity index (χ0n) is 9.74. The van der Waals surface area contributed by atoms with Crippen LogP contribution in [0.4, 0.5) is 0 Å². The van der Waals surface area contributed by atoms with Gasteiger partial charge in [0.2, 0.25) is 0 Å². The van der Waals surface area contributed by atoms with Crippen molar-refractivity contribution >= 4 is 6.08 Å². The summed E-state index contributed by atoms with van der Waals surface area (Å²) >= 11 is 0. The Labute approximate surface area is 92.6 Å². The van der Waals surface area contributed by atoms with Gasteiger partial charge >= 0.3 is 0 Å². The van der Waals surface area contributed by atoms with Crippen LogP contribution >= 0.6 is 0 Å². The number of rotatable bonds is 6. The Balaban J connectivity index is 2.46. The molecule has 0 radical (unpaired) electrons. The first-order valence-corrected chi connectivity index (χ1v) is 5.59. The molecule has 0 aromatic carbocycles. The molecule has 0 N–H and O–H groups in total. The van der Waals surface area contributed by atoms with E-state index in [4.69, 9.17) is 0 Å². The molecule has 0 bridgehead atoms. The molecule has 15 heavy (non-hydrogen) atoms. The molecule has 0 unspecified atom stereocenters. The minimum atomic E-state index is 0.946. The van der Waals surface area contributed by atoms with Crippen LogP contribution in [-0.2, 0) is 6.42 Å². The fraction of sp³-hybridized carbons (Fsp3) is 0.462. The Hall–Kier alpha value is -1.15. The Morgan fingerprint density at radius 2 is 2.07 bits per heavy atom. The largest absolute Gasteiger partial charge is 0.304 e. The predicted octanol–water partition coefficient (Wildman–Crippen LogP) is 2.61. The Bertz CT molecular complexity index is 286. The molecule has 2 nitrogen and oxygen atoms in total. The maximum Gasteiger partial charge on any atom is 0.0623 e. The Kier molecular flexibility index (Phi) is 5.05. The van der Waals surface area contributed by atoms with Crippen molar-refractivity contribution in [1.29, 1.82) is 0 Å². The smallest absolute Gasteiger partial charge is 0.0623 e. The van der Waals surface area contributed by atoms with Crippen LogP contribution in [-0.4, -0.2) is 29.5 Å². The third-order valence-corrected chi connectivity index (χ3v) is 2.67. The molecular weight excluding hydrogens is 184 g/mol. The van der Waals surface area contributed by atoms with E-state index < -0.39 is 0 Å². The minimum absolute atomic E-state index is 0.946. The second-order valence-electron chi connectivity index (χ2n) is 3.57. The lowest BCUT2D eigenvalue weighted by Crippen LogP contribution is -2.25. The van der Waals surface area contributed by atoms with E-state index in [1.807, 2.05) is 12.3 Å². The molecule has 0 saturated carbocycles. The third kappa shape index (κ3) is 3.84. The molecule has 1 rings (SSSR count). The van der Waals surface area contributed by atoms with Gasteiger partial charge in [0, 0.05) is 12.7 Å². The van der Waals surface area contributed by atoms with E-state index in [1.165, 1.54) is 5.56 Å². The first-order chi connectivity index (χ1) is 7.30. The number of hydrogen-bond acceptors (Lipinski definition) is 2. The average Bonchev–Trinajstić information content (AvgIpc) is 2.31. The molecule has 0 aliphatic heterocycles. The highest BCUT2D eigenvalue weighted by molar-refractivity contribution is 5.41. The number of likely N-dealkylation sites (N-methyl/N-ethyl adjacent to an activating group) is 1. The van der Waals surface area contributed by atoms with Crippen LogP contribution in [0, 0.1) is 0 Å². The van der Waals surface area contributed by atoms with Crippen LogP contribution in [0.1, 0.15) is 25.1 Å². The molecule has 82 valence electrons. The van der Waals surface area contributed by atoms with Gasteiger partial charge < -0.3 is 4.90 Å². The fourth-order valence-electron chi connectivity index (χ4n) is 1.53. The molecular formula is C13H20N2. The van der Waals surface area contributed by atoms with Crippen LogP contribution in [0.2, 0.25) is 0 Å². The van der Waals surface area contributed by atoms with Gasteiger partial charge in [-0.1, -0.05) is 26.5 Å². The zero-order valence-corrected chi connectivity index (χ0v) is 9.74. The van der Waals surface area contributed by atoms with Gasteiger partial charge in [-0.05, 0) is 37.2 Å². The quantitative estimate of drug-likeness (QED) is 0.708. The van der Waals surface area contributed by atoms with E-state index in [9.17, 15) is 0 Å². The summed E-state index contributed by atoms with van der Waals surface area (Å²) in [6, 6.07) is 4.15. The Morgan fingerprint density at radius 3 is 2.53 bits per heavy atom. The van der Waals surface area contributed by atoms with Gasteiger partial charge in [-0.2, -0.15) is 0 Å². The van der Waals surface area contributed by atoms with Gasteiger partial charge in [-0.25, -0.2) is 0 Å². The molecule has 1 heterocycles. The van der Waals surface area contributed by atoms with Crippen LogP contribution < -0.4 is 0 Å². The lowest BCUT2D eigenvalue weighted by Gasteiger charge is -2.17. The van der Waals surface area contributed by atoms with Crippen LogP contribution in [0.5, 0.6) is 0 Å². The summed E-state index contributed by atoms with van der Waals surface area (Å²) in [4.78, 5) is 6.71. The first kappa shape index (κ1) is 11.9. The topological polar surface area (TPSA) is 16.1 Å². The summed E-state index contributed by atoms with van der Waals surface area (Å²) in [5, 5.41) is 0. The van der Waals surface area contributed by atoms with E-state index in [2.05, 4.69) is 36.4 Å². The standard InChI is InChI=1S/C13H20N2/c1-4-13-8-7-12(11-14-13)9-10-15(5-2)6-3/h4,7-8,11H,1,5-6,9-10H2,2-3H3. The highest BCUT2D eigenvalue weighted by atomic mass is 15.1. The van der Waals surface area contributed by atoms with Crippen molar-refractivity contribution in [3.63, 3.8) is 0 Å². The summed E-state index contributed by atoms with van der Waals surface area (Å²) in [6.45, 7) is 11.4. The summed E-state index contributed by atoms with van der Waals surface area (Å²) in [5.41, 5.74) is 2.24. The van der Waals surface area contributed by atoms with Gasteiger partial charge in [0.05, 0.1) is 5.69 Å². The van der Waals surface area contributed by atoms with E-state index >= 15 is 0 Å². The predicted molar refractivity (Wildman–Crippen MR) is 65.8 cm³/mol. The molecule has 2 heteroatoms. The van der Waals surface area contributed by atoms with Crippen molar-refractivity contribution < 1.29 is 0 Å². The van der Waals surface area contributed by atoms with Gasteiger partial charge in [0.15, 0.2) is 0 Å². The maximum absolute atomic E-state index is 4.29. The highest BCUT2D eigenvalue weighted by Crippen LogP contribution is 2.03. The number of hydrogen-bond donors (Lipinski definition) is 0. The minimum Gasteiger partial charge on any atom is -0.304 e. The van der Waals surface area contributed by atoms with E-state index in [-0.39, 0.29) is 0 Å². The van der Waals surface area contributed by atoms with Crippen molar-refractivity contribution in [2.24, 2.45) is 0 Å². The van der Waals surface area contributed by atoms with Crippen molar-refractivity contribution in [2.45, 2.75) is 20.3 Å². The van der Waals surface area contributed by atoms with E-state index in [0.717, 1.165) is 31.7 Å². The summed E-state index contributed by atoms with van der Waals surface area (Å²) in [7, 11) is 0. The third-order valence-electron chi connectivity index (χ3n) is 2.67. The molecule has 0 fully saturated rings. The van der Waals surface area contributed by atoms with Gasteiger partial charge in [0.1, 0.15) is 0 Å². The fourth-order valence-corrected chi connectivity index (χ4v) is 1.53. The summed E-state index contributed by atoms with van der Waals surface area (Å²) < 4.78 is 0. The second-order valence-corrected chi connectivity index (χ2v) is 3.57. The van der Waals surface area contributed by atoms with Crippen molar-refractivity contribution in [3.8, 4) is 0 Å². The summed E-state index contributed by atoms with van der Waals surface area (Å²) in [6.07, 6.45) is 4.79. The van der Waals surface area contributed by atoms with Gasteiger partial charge in [0.25, 0.3) is 0 Å². The van der Waals surface area contributed by atoms with Crippen LogP contribution in [0.15, 0.2) is 24.9 Å². The number of nitrogens with zero attached hydrogens (tertiary/aromatic N) is 2. The lowest BCUT2D eigenvalue weighted by molar-refractivity contribution is 0.308. The average molecular weight is 204 g/mol. The normalized spacial score (nSPS) is 10.6.